The number of hydrogen-bond donors (Lipinski definition) is 0. The molecule has 6 aromatic carbocycles. The molecule has 0 N–H and O–H groups in total. The Morgan fingerprint density at radius 2 is 0.362 bits per heavy atom. The van der Waals surface area contributed by atoms with E-state index in [9.17, 15) is 0 Å². The molecular formula is C48H60F2Si8. The average Bonchev–Trinajstić information content (AvgIpc) is 3.23. The van der Waals surface area contributed by atoms with Gasteiger partial charge in [0.25, 0.3) is 0 Å². The molecule has 0 heterocycles. The Balaban J connectivity index is 0.000000221. The van der Waals surface area contributed by atoms with Crippen molar-refractivity contribution >= 4 is 132 Å². The molecule has 0 spiro atoms. The van der Waals surface area contributed by atoms with Crippen LogP contribution in [0.4, 0.5) is 8.22 Å². The van der Waals surface area contributed by atoms with Gasteiger partial charge in [-0.05, 0) is 31.1 Å². The highest BCUT2D eigenvalue weighted by molar-refractivity contribution is 7.13. The molecule has 10 heteroatoms. The largest absolute Gasteiger partial charge is 0.339 e. The molecule has 0 unspecified atom stereocenters. The summed E-state index contributed by atoms with van der Waals surface area (Å²) in [6, 6.07) is 50.2. The molecule has 6 rings (SSSR count). The van der Waals surface area contributed by atoms with Crippen molar-refractivity contribution in [3.8, 4) is 0 Å². The number of hydrogen-bond acceptors (Lipinski definition) is 0. The van der Waals surface area contributed by atoms with Crippen LogP contribution in [0.2, 0.25) is 78.6 Å². The SMILES string of the molecule is C[Si](C)c1ccccc1[Si](F)(c1ccccc1[Si](C)C)c1ccccc1[Si](C)C.C[Si](C)c1ccccc1[Si](F)(c1ccccc1[Si](C)C)c1ccccc1[Si](C)C. The van der Waals surface area contributed by atoms with Crippen molar-refractivity contribution in [2.45, 2.75) is 78.6 Å². The second-order valence-corrected chi connectivity index (χ2v) is 37.7. The van der Waals surface area contributed by atoms with Crippen LogP contribution < -0.4 is 62.2 Å². The van der Waals surface area contributed by atoms with Crippen molar-refractivity contribution in [1.82, 2.24) is 0 Å². The lowest BCUT2D eigenvalue weighted by Gasteiger charge is -2.32. The van der Waals surface area contributed by atoms with E-state index < -0.39 is 69.6 Å². The fourth-order valence-corrected chi connectivity index (χ4v) is 28.5. The van der Waals surface area contributed by atoms with Gasteiger partial charge in [-0.2, -0.15) is 0 Å². The molecule has 0 aliphatic rings. The van der Waals surface area contributed by atoms with Crippen molar-refractivity contribution in [3.05, 3.63) is 146 Å². The highest BCUT2D eigenvalue weighted by Gasteiger charge is 2.47. The van der Waals surface area contributed by atoms with Crippen molar-refractivity contribution in [2.24, 2.45) is 0 Å². The van der Waals surface area contributed by atoms with E-state index in [-0.39, 0.29) is 0 Å². The summed E-state index contributed by atoms with van der Waals surface area (Å²) in [4.78, 5) is 0. The zero-order chi connectivity index (χ0) is 42.4. The van der Waals surface area contributed by atoms with Crippen LogP contribution in [0, 0.1) is 0 Å². The van der Waals surface area contributed by atoms with Crippen molar-refractivity contribution < 1.29 is 8.22 Å². The van der Waals surface area contributed by atoms with Crippen LogP contribution in [0.1, 0.15) is 0 Å². The quantitative estimate of drug-likeness (QED) is 0.0922. The van der Waals surface area contributed by atoms with Crippen LogP contribution in [0.3, 0.4) is 0 Å². The predicted octanol–water partition coefficient (Wildman–Crippen LogP) is 5.01. The highest BCUT2D eigenvalue weighted by Crippen LogP contribution is 2.11. The third kappa shape index (κ3) is 9.44. The minimum absolute atomic E-state index is 0.792. The standard InChI is InChI=1S/2C24H30FSi4/c2*1-26(2)19-13-7-10-16-22(19)29(25,23-17-11-8-14-20(23)27(3)4)24-18-12-9-15-21(24)28(5)6/h2*7-18H,1-6H3. The first-order valence-corrected chi connectivity index (χ1v) is 39.1. The first kappa shape index (κ1) is 46.0. The first-order valence-electron chi connectivity index (χ1n) is 20.3. The van der Waals surface area contributed by atoms with Gasteiger partial charge in [0.05, 0.1) is 52.8 Å². The van der Waals surface area contributed by atoms with E-state index >= 15 is 8.22 Å². The molecule has 0 aromatic heterocycles. The Bertz CT molecular complexity index is 1870. The zero-order valence-electron chi connectivity index (χ0n) is 36.6. The molecule has 58 heavy (non-hydrogen) atoms. The summed E-state index contributed by atoms with van der Waals surface area (Å²) < 4.78 is 36.1. The molecule has 0 saturated carbocycles. The molecule has 0 aliphatic heterocycles. The molecule has 0 bridgehead atoms. The summed E-state index contributed by atoms with van der Waals surface area (Å²) in [5.74, 6) is 0. The van der Waals surface area contributed by atoms with E-state index in [2.05, 4.69) is 188 Å². The lowest BCUT2D eigenvalue weighted by atomic mass is 10.3. The Morgan fingerprint density at radius 3 is 0.483 bits per heavy atom. The number of rotatable bonds is 12. The van der Waals surface area contributed by atoms with Gasteiger partial charge in [-0.3, -0.25) is 8.22 Å². The van der Waals surface area contributed by atoms with Crippen LogP contribution in [-0.4, -0.2) is 69.6 Å². The molecule has 0 nitrogen and oxygen atoms in total. The van der Waals surface area contributed by atoms with Gasteiger partial charge in [-0.15, -0.1) is 0 Å². The molecule has 298 valence electrons. The maximum absolute atomic E-state index is 18.0. The second-order valence-electron chi connectivity index (χ2n) is 16.6. The smallest absolute Gasteiger partial charge is 0.296 e. The molecule has 6 aromatic rings. The summed E-state index contributed by atoms with van der Waals surface area (Å²) in [7, 11) is -12.0. The van der Waals surface area contributed by atoms with Crippen molar-refractivity contribution in [2.75, 3.05) is 0 Å². The van der Waals surface area contributed by atoms with Gasteiger partial charge in [-0.25, -0.2) is 0 Å². The average molecular weight is 900 g/mol. The topological polar surface area (TPSA) is 0 Å². The van der Waals surface area contributed by atoms with Crippen LogP contribution in [0.25, 0.3) is 0 Å². The minimum atomic E-state index is -3.62. The minimum Gasteiger partial charge on any atom is -0.296 e. The second kappa shape index (κ2) is 20.0. The molecule has 0 saturated heterocycles. The lowest BCUT2D eigenvalue weighted by molar-refractivity contribution is 0.843. The monoisotopic (exact) mass is 898 g/mol. The Morgan fingerprint density at radius 1 is 0.241 bits per heavy atom. The zero-order valence-corrected chi connectivity index (χ0v) is 44.6. The number of benzene rings is 6. The van der Waals surface area contributed by atoms with Gasteiger partial charge in [-0.1, -0.05) is 255 Å². The Kier molecular flexibility index (Phi) is 15.8. The molecular weight excluding hydrogens is 839 g/mol. The van der Waals surface area contributed by atoms with E-state index in [1.54, 1.807) is 0 Å². The normalized spacial score (nSPS) is 12.2. The third-order valence-corrected chi connectivity index (χ3v) is 28.7. The van der Waals surface area contributed by atoms with Crippen LogP contribution >= 0.6 is 0 Å². The van der Waals surface area contributed by atoms with Crippen LogP contribution in [0.5, 0.6) is 0 Å². The maximum atomic E-state index is 18.0. The summed E-state index contributed by atoms with van der Waals surface area (Å²) in [5.41, 5.74) is 0. The summed E-state index contributed by atoms with van der Waals surface area (Å²) in [5, 5.41) is 13.4. The Hall–Kier alpha value is -3.08. The van der Waals surface area contributed by atoms with Gasteiger partial charge < -0.3 is 0 Å². The van der Waals surface area contributed by atoms with Gasteiger partial charge in [0, 0.05) is 0 Å². The molecule has 0 aliphatic carbocycles. The van der Waals surface area contributed by atoms with Gasteiger partial charge >= 0.3 is 16.8 Å². The Labute approximate surface area is 361 Å². The summed E-state index contributed by atoms with van der Waals surface area (Å²) >= 11 is 0. The maximum Gasteiger partial charge on any atom is 0.339 e. The van der Waals surface area contributed by atoms with E-state index in [1.165, 1.54) is 31.1 Å². The van der Waals surface area contributed by atoms with Crippen LogP contribution in [-0.2, 0) is 0 Å². The fourth-order valence-electron chi connectivity index (χ4n) is 8.19. The molecule has 0 atom stereocenters. The van der Waals surface area contributed by atoms with E-state index in [4.69, 9.17) is 0 Å². The third-order valence-electron chi connectivity index (χ3n) is 11.0. The van der Waals surface area contributed by atoms with Gasteiger partial charge in [0.15, 0.2) is 0 Å². The van der Waals surface area contributed by atoms with Crippen LogP contribution in [0.15, 0.2) is 146 Å². The van der Waals surface area contributed by atoms with Gasteiger partial charge in [0.2, 0.25) is 0 Å². The van der Waals surface area contributed by atoms with E-state index in [1.807, 2.05) is 36.4 Å². The fraction of sp³-hybridized carbons (Fsp3) is 0.250. The lowest BCUT2D eigenvalue weighted by Crippen LogP contribution is -2.75. The van der Waals surface area contributed by atoms with Crippen molar-refractivity contribution in [1.29, 1.82) is 0 Å². The molecule has 0 fully saturated rings. The molecule has 6 radical (unpaired) electrons. The number of halogens is 2. The van der Waals surface area contributed by atoms with Crippen molar-refractivity contribution in [3.63, 3.8) is 0 Å². The van der Waals surface area contributed by atoms with Gasteiger partial charge in [0.1, 0.15) is 0 Å². The summed E-state index contributed by atoms with van der Waals surface area (Å²) in [6.07, 6.45) is 0. The predicted molar refractivity (Wildman–Crippen MR) is 273 cm³/mol. The van der Waals surface area contributed by atoms with E-state index in [0.29, 0.717) is 0 Å². The van der Waals surface area contributed by atoms with E-state index in [0.717, 1.165) is 31.1 Å². The first-order chi connectivity index (χ1) is 27.6. The summed E-state index contributed by atoms with van der Waals surface area (Å²) in [6.45, 7) is 27.3. The highest BCUT2D eigenvalue weighted by atomic mass is 28.4. The molecule has 0 amide bonds.